The largest absolute Gasteiger partial charge is 0.488 e. The lowest BCUT2D eigenvalue weighted by Crippen LogP contribution is -2.17. The van der Waals surface area contributed by atoms with Gasteiger partial charge in [0.1, 0.15) is 18.2 Å². The van der Waals surface area contributed by atoms with Gasteiger partial charge in [-0.3, -0.25) is 4.79 Å². The summed E-state index contributed by atoms with van der Waals surface area (Å²) in [6.07, 6.45) is 1.56. The Morgan fingerprint density at radius 2 is 1.74 bits per heavy atom. The Labute approximate surface area is 187 Å². The maximum atomic E-state index is 13.0. The topological polar surface area (TPSA) is 50.7 Å². The molecule has 0 spiro atoms. The van der Waals surface area contributed by atoms with E-state index in [-0.39, 0.29) is 11.7 Å². The van der Waals surface area contributed by atoms with Crippen molar-refractivity contribution >= 4 is 38.8 Å². The molecule has 4 rings (SSSR count). The molecule has 0 saturated carbocycles. The second-order valence-corrected chi connectivity index (χ2v) is 7.72. The van der Waals surface area contributed by atoms with Crippen LogP contribution in [0.25, 0.3) is 10.8 Å². The lowest BCUT2D eigenvalue weighted by atomic mass is 10.1. The smallest absolute Gasteiger partial charge is 0.271 e. The summed E-state index contributed by atoms with van der Waals surface area (Å²) in [4.78, 5) is 12.4. The van der Waals surface area contributed by atoms with Crippen LogP contribution < -0.4 is 10.2 Å². The summed E-state index contributed by atoms with van der Waals surface area (Å²) in [7, 11) is 0. The van der Waals surface area contributed by atoms with Gasteiger partial charge in [0.05, 0.1) is 10.7 Å². The molecule has 0 aliphatic carbocycles. The highest BCUT2D eigenvalue weighted by Crippen LogP contribution is 2.26. The lowest BCUT2D eigenvalue weighted by Gasteiger charge is -2.09. The van der Waals surface area contributed by atoms with E-state index in [9.17, 15) is 9.18 Å². The number of benzene rings is 4. The first-order valence-electron chi connectivity index (χ1n) is 9.57. The van der Waals surface area contributed by atoms with Gasteiger partial charge in [-0.15, -0.1) is 0 Å². The van der Waals surface area contributed by atoms with Gasteiger partial charge in [-0.25, -0.2) is 9.82 Å². The van der Waals surface area contributed by atoms with E-state index >= 15 is 0 Å². The first-order chi connectivity index (χ1) is 15.1. The zero-order chi connectivity index (χ0) is 21.6. The molecule has 1 amide bonds. The monoisotopic (exact) mass is 476 g/mol. The maximum absolute atomic E-state index is 13.0. The van der Waals surface area contributed by atoms with Crippen LogP contribution in [0.15, 0.2) is 94.5 Å². The van der Waals surface area contributed by atoms with E-state index in [4.69, 9.17) is 4.74 Å². The summed E-state index contributed by atoms with van der Waals surface area (Å²) in [6, 6.07) is 25.0. The van der Waals surface area contributed by atoms with Crippen LogP contribution in [-0.4, -0.2) is 12.1 Å². The summed E-state index contributed by atoms with van der Waals surface area (Å²) in [5.74, 6) is 0.100. The first kappa shape index (κ1) is 20.8. The number of halogens is 2. The Morgan fingerprint density at radius 1 is 0.968 bits per heavy atom. The number of rotatable bonds is 6. The number of nitrogens with zero attached hydrogens (tertiary/aromatic N) is 1. The van der Waals surface area contributed by atoms with Crippen molar-refractivity contribution in [1.82, 2.24) is 5.43 Å². The Bertz CT molecular complexity index is 1260. The van der Waals surface area contributed by atoms with Crippen LogP contribution in [0, 0.1) is 5.82 Å². The van der Waals surface area contributed by atoms with Gasteiger partial charge in [0.25, 0.3) is 5.91 Å². The fraction of sp³-hybridized carbons (Fsp3) is 0.0400. The SMILES string of the molecule is O=C(N/N=C\c1ccc(OCc2ccc(F)cc2)c(Br)c1)c1ccc2ccccc2c1. The highest BCUT2D eigenvalue weighted by Gasteiger charge is 2.06. The maximum Gasteiger partial charge on any atom is 0.271 e. The zero-order valence-electron chi connectivity index (χ0n) is 16.4. The van der Waals surface area contributed by atoms with E-state index in [1.807, 2.05) is 48.5 Å². The fourth-order valence-electron chi connectivity index (χ4n) is 3.02. The molecule has 0 radical (unpaired) electrons. The van der Waals surface area contributed by atoms with Gasteiger partial charge in [0, 0.05) is 5.56 Å². The van der Waals surface area contributed by atoms with E-state index in [2.05, 4.69) is 26.5 Å². The third kappa shape index (κ3) is 5.35. The molecule has 4 aromatic rings. The van der Waals surface area contributed by atoms with Crippen molar-refractivity contribution in [2.24, 2.45) is 5.10 Å². The molecule has 1 N–H and O–H groups in total. The van der Waals surface area contributed by atoms with Crippen LogP contribution >= 0.6 is 15.9 Å². The Balaban J connectivity index is 1.36. The van der Waals surface area contributed by atoms with Crippen LogP contribution in [0.2, 0.25) is 0 Å². The van der Waals surface area contributed by atoms with E-state index in [0.717, 1.165) is 26.4 Å². The standard InChI is InChI=1S/C25H18BrFN2O2/c26-23-13-18(7-12-24(23)31-16-17-5-10-22(27)11-6-17)15-28-29-25(30)21-9-8-19-3-1-2-4-20(19)14-21/h1-15H,16H2,(H,29,30)/b28-15-. The summed E-state index contributed by atoms with van der Waals surface area (Å²) < 4.78 is 19.5. The van der Waals surface area contributed by atoms with Crippen LogP contribution in [0.5, 0.6) is 5.75 Å². The van der Waals surface area contributed by atoms with E-state index in [1.54, 1.807) is 30.5 Å². The van der Waals surface area contributed by atoms with Crippen molar-refractivity contribution in [3.63, 3.8) is 0 Å². The average Bonchev–Trinajstić information content (AvgIpc) is 2.79. The van der Waals surface area contributed by atoms with Crippen molar-refractivity contribution in [1.29, 1.82) is 0 Å². The molecule has 0 aromatic heterocycles. The quantitative estimate of drug-likeness (QED) is 0.270. The Hall–Kier alpha value is -3.51. The van der Waals surface area contributed by atoms with Crippen molar-refractivity contribution in [3.8, 4) is 5.75 Å². The lowest BCUT2D eigenvalue weighted by molar-refractivity contribution is 0.0955. The van der Waals surface area contributed by atoms with Crippen LogP contribution in [0.1, 0.15) is 21.5 Å². The molecule has 0 aliphatic heterocycles. The molecule has 4 aromatic carbocycles. The van der Waals surface area contributed by atoms with Gasteiger partial charge >= 0.3 is 0 Å². The summed E-state index contributed by atoms with van der Waals surface area (Å²) in [6.45, 7) is 0.328. The number of amides is 1. The van der Waals surface area contributed by atoms with Crippen LogP contribution in [-0.2, 0) is 6.61 Å². The molecule has 6 heteroatoms. The molecule has 0 heterocycles. The number of fused-ring (bicyclic) bond motifs is 1. The predicted molar refractivity (Wildman–Crippen MR) is 124 cm³/mol. The molecule has 0 saturated heterocycles. The average molecular weight is 477 g/mol. The number of nitrogens with one attached hydrogen (secondary N) is 1. The van der Waals surface area contributed by atoms with Gasteiger partial charge < -0.3 is 4.74 Å². The van der Waals surface area contributed by atoms with Crippen LogP contribution in [0.4, 0.5) is 4.39 Å². The Kier molecular flexibility index (Phi) is 6.38. The molecule has 0 bridgehead atoms. The predicted octanol–water partition coefficient (Wildman–Crippen LogP) is 6.08. The number of hydrogen-bond donors (Lipinski definition) is 1. The van der Waals surface area contributed by atoms with Crippen molar-refractivity contribution in [3.05, 3.63) is 112 Å². The molecule has 154 valence electrons. The Morgan fingerprint density at radius 3 is 2.52 bits per heavy atom. The molecule has 0 aliphatic rings. The summed E-state index contributed by atoms with van der Waals surface area (Å²) in [5.41, 5.74) is 4.76. The van der Waals surface area contributed by atoms with Gasteiger partial charge in [0.15, 0.2) is 0 Å². The zero-order valence-corrected chi connectivity index (χ0v) is 18.0. The summed E-state index contributed by atoms with van der Waals surface area (Å²) in [5, 5.41) is 6.13. The van der Waals surface area contributed by atoms with Crippen LogP contribution in [0.3, 0.4) is 0 Å². The minimum atomic E-state index is -0.277. The third-order valence-electron chi connectivity index (χ3n) is 4.65. The van der Waals surface area contributed by atoms with Gasteiger partial charge in [-0.2, -0.15) is 5.10 Å². The number of ether oxygens (including phenoxy) is 1. The van der Waals surface area contributed by atoms with Gasteiger partial charge in [-0.1, -0.05) is 42.5 Å². The molecular formula is C25H18BrFN2O2. The number of hydrazone groups is 1. The van der Waals surface area contributed by atoms with Crippen molar-refractivity contribution in [2.75, 3.05) is 0 Å². The molecule has 31 heavy (non-hydrogen) atoms. The van der Waals surface area contributed by atoms with E-state index in [1.165, 1.54) is 12.1 Å². The van der Waals surface area contributed by atoms with E-state index < -0.39 is 0 Å². The molecule has 0 atom stereocenters. The number of carbonyl (C=O) groups excluding carboxylic acids is 1. The summed E-state index contributed by atoms with van der Waals surface area (Å²) >= 11 is 3.48. The van der Waals surface area contributed by atoms with Crippen molar-refractivity contribution < 1.29 is 13.9 Å². The first-order valence-corrected chi connectivity index (χ1v) is 10.4. The van der Waals surface area contributed by atoms with Gasteiger partial charge in [0.2, 0.25) is 0 Å². The minimum Gasteiger partial charge on any atom is -0.488 e. The fourth-order valence-corrected chi connectivity index (χ4v) is 3.53. The normalized spacial score (nSPS) is 11.0. The number of hydrogen-bond acceptors (Lipinski definition) is 3. The molecular weight excluding hydrogens is 459 g/mol. The number of carbonyl (C=O) groups is 1. The van der Waals surface area contributed by atoms with Gasteiger partial charge in [-0.05, 0) is 80.3 Å². The highest BCUT2D eigenvalue weighted by atomic mass is 79.9. The van der Waals surface area contributed by atoms with Crippen molar-refractivity contribution in [2.45, 2.75) is 6.61 Å². The minimum absolute atomic E-state index is 0.277. The third-order valence-corrected chi connectivity index (χ3v) is 5.27. The molecule has 4 nitrogen and oxygen atoms in total. The second-order valence-electron chi connectivity index (χ2n) is 6.87. The second kappa shape index (κ2) is 9.53. The highest BCUT2D eigenvalue weighted by molar-refractivity contribution is 9.10. The van der Waals surface area contributed by atoms with E-state index in [0.29, 0.717) is 17.9 Å². The molecule has 0 unspecified atom stereocenters. The molecule has 0 fully saturated rings.